The van der Waals surface area contributed by atoms with E-state index in [1.165, 1.54) is 12.1 Å². The van der Waals surface area contributed by atoms with Crippen LogP contribution in [-0.2, 0) is 6.54 Å². The molecule has 0 spiro atoms. The molecule has 1 heterocycles. The van der Waals surface area contributed by atoms with Crippen molar-refractivity contribution in [2.75, 3.05) is 0 Å². The summed E-state index contributed by atoms with van der Waals surface area (Å²) >= 11 is 4.98. The zero-order chi connectivity index (χ0) is 11.5. The first-order valence-electron chi connectivity index (χ1n) is 4.61. The number of benzene rings is 1. The summed E-state index contributed by atoms with van der Waals surface area (Å²) < 4.78 is 27.9. The van der Waals surface area contributed by atoms with Crippen molar-refractivity contribution in [2.45, 2.75) is 6.54 Å². The Morgan fingerprint density at radius 1 is 1.19 bits per heavy atom. The Morgan fingerprint density at radius 3 is 2.50 bits per heavy atom. The minimum Gasteiger partial charge on any atom is -0.319 e. The highest BCUT2D eigenvalue weighted by atomic mass is 32.1. The third kappa shape index (κ3) is 2.49. The SMILES string of the molecule is Fc1cc(F)cc(Cn2cccnc2=S)c1. The van der Waals surface area contributed by atoms with Gasteiger partial charge in [-0.1, -0.05) is 0 Å². The highest BCUT2D eigenvalue weighted by Gasteiger charge is 2.01. The summed E-state index contributed by atoms with van der Waals surface area (Å²) in [5.74, 6) is -1.18. The summed E-state index contributed by atoms with van der Waals surface area (Å²) in [6, 6.07) is 5.10. The second kappa shape index (κ2) is 4.49. The van der Waals surface area contributed by atoms with Crippen molar-refractivity contribution in [3.8, 4) is 0 Å². The summed E-state index contributed by atoms with van der Waals surface area (Å²) in [7, 11) is 0. The van der Waals surface area contributed by atoms with Gasteiger partial charge >= 0.3 is 0 Å². The molecule has 1 aromatic carbocycles. The standard InChI is InChI=1S/C11H8F2N2S/c12-9-4-8(5-10(13)6-9)7-15-3-1-2-14-11(15)16/h1-6H,7H2. The molecule has 0 amide bonds. The van der Waals surface area contributed by atoms with Gasteiger partial charge in [-0.15, -0.1) is 0 Å². The van der Waals surface area contributed by atoms with E-state index in [0.29, 0.717) is 16.9 Å². The van der Waals surface area contributed by atoms with E-state index in [0.717, 1.165) is 6.07 Å². The molecule has 0 aliphatic rings. The van der Waals surface area contributed by atoms with Gasteiger partial charge in [-0.2, -0.15) is 0 Å². The molecule has 0 aliphatic carbocycles. The van der Waals surface area contributed by atoms with E-state index in [4.69, 9.17) is 12.2 Å². The lowest BCUT2D eigenvalue weighted by Gasteiger charge is -2.06. The normalized spacial score (nSPS) is 10.4. The number of hydrogen-bond donors (Lipinski definition) is 0. The maximum Gasteiger partial charge on any atom is 0.199 e. The summed E-state index contributed by atoms with van der Waals surface area (Å²) in [4.78, 5) is 3.91. The van der Waals surface area contributed by atoms with Crippen LogP contribution in [0.25, 0.3) is 0 Å². The van der Waals surface area contributed by atoms with Gasteiger partial charge in [0.1, 0.15) is 11.6 Å². The average Bonchev–Trinajstić information content (AvgIpc) is 2.20. The molecule has 0 saturated heterocycles. The molecule has 2 aromatic rings. The number of rotatable bonds is 2. The Balaban J connectivity index is 2.34. The molecule has 0 bridgehead atoms. The van der Waals surface area contributed by atoms with Crippen molar-refractivity contribution in [1.82, 2.24) is 9.55 Å². The van der Waals surface area contributed by atoms with E-state index < -0.39 is 11.6 Å². The number of nitrogens with zero attached hydrogens (tertiary/aromatic N) is 2. The average molecular weight is 238 g/mol. The van der Waals surface area contributed by atoms with Crippen molar-refractivity contribution < 1.29 is 8.78 Å². The van der Waals surface area contributed by atoms with Crippen LogP contribution in [0, 0.1) is 16.4 Å². The Bertz CT molecular complexity index is 546. The van der Waals surface area contributed by atoms with Crippen molar-refractivity contribution >= 4 is 12.2 Å². The van der Waals surface area contributed by atoms with Crippen LogP contribution in [0.3, 0.4) is 0 Å². The van der Waals surface area contributed by atoms with Crippen LogP contribution < -0.4 is 0 Å². The van der Waals surface area contributed by atoms with Gasteiger partial charge in [-0.25, -0.2) is 13.8 Å². The van der Waals surface area contributed by atoms with Crippen LogP contribution in [-0.4, -0.2) is 9.55 Å². The van der Waals surface area contributed by atoms with Crippen molar-refractivity contribution in [1.29, 1.82) is 0 Å². The third-order valence-corrected chi connectivity index (χ3v) is 2.40. The fourth-order valence-electron chi connectivity index (χ4n) is 1.41. The predicted molar refractivity (Wildman–Crippen MR) is 58.5 cm³/mol. The maximum absolute atomic E-state index is 12.9. The zero-order valence-corrected chi connectivity index (χ0v) is 9.05. The van der Waals surface area contributed by atoms with Gasteiger partial charge in [0.2, 0.25) is 0 Å². The van der Waals surface area contributed by atoms with Gasteiger partial charge in [0.05, 0.1) is 0 Å². The van der Waals surface area contributed by atoms with Gasteiger partial charge in [0.25, 0.3) is 0 Å². The predicted octanol–water partition coefficient (Wildman–Crippen LogP) is 2.94. The molecule has 0 fully saturated rings. The largest absolute Gasteiger partial charge is 0.319 e. The number of aromatic nitrogens is 2. The van der Waals surface area contributed by atoms with Gasteiger partial charge in [0, 0.05) is 25.0 Å². The molecule has 2 nitrogen and oxygen atoms in total. The molecule has 0 radical (unpaired) electrons. The van der Waals surface area contributed by atoms with Gasteiger partial charge in [0.15, 0.2) is 4.77 Å². The maximum atomic E-state index is 12.9. The van der Waals surface area contributed by atoms with E-state index in [1.807, 2.05) is 0 Å². The molecule has 1 aromatic heterocycles. The molecule has 0 aliphatic heterocycles. The number of halogens is 2. The van der Waals surface area contributed by atoms with Crippen LogP contribution >= 0.6 is 12.2 Å². The Morgan fingerprint density at radius 2 is 1.88 bits per heavy atom. The van der Waals surface area contributed by atoms with Crippen molar-refractivity contribution in [2.24, 2.45) is 0 Å². The fourth-order valence-corrected chi connectivity index (χ4v) is 1.59. The van der Waals surface area contributed by atoms with Gasteiger partial charge < -0.3 is 4.57 Å². The van der Waals surface area contributed by atoms with Crippen molar-refractivity contribution in [3.05, 3.63) is 58.6 Å². The zero-order valence-electron chi connectivity index (χ0n) is 8.23. The first kappa shape index (κ1) is 10.9. The van der Waals surface area contributed by atoms with Crippen molar-refractivity contribution in [3.63, 3.8) is 0 Å². The second-order valence-electron chi connectivity index (χ2n) is 3.31. The molecular formula is C11H8F2N2S. The monoisotopic (exact) mass is 238 g/mol. The number of hydrogen-bond acceptors (Lipinski definition) is 2. The summed E-state index contributed by atoms with van der Waals surface area (Å²) in [6.07, 6.45) is 3.29. The highest BCUT2D eigenvalue weighted by Crippen LogP contribution is 2.09. The van der Waals surface area contributed by atoms with E-state index in [1.54, 1.807) is 23.0 Å². The Kier molecular flexibility index (Phi) is 3.05. The molecule has 0 atom stereocenters. The Labute approximate surface area is 96.2 Å². The van der Waals surface area contributed by atoms with Crippen LogP contribution in [0.5, 0.6) is 0 Å². The first-order chi connectivity index (χ1) is 7.65. The van der Waals surface area contributed by atoms with E-state index in [9.17, 15) is 8.78 Å². The quantitative estimate of drug-likeness (QED) is 0.749. The lowest BCUT2D eigenvalue weighted by atomic mass is 10.2. The Hall–Kier alpha value is -1.62. The van der Waals surface area contributed by atoms with E-state index >= 15 is 0 Å². The molecule has 2 rings (SSSR count). The molecule has 0 N–H and O–H groups in total. The molecule has 16 heavy (non-hydrogen) atoms. The van der Waals surface area contributed by atoms with E-state index in [2.05, 4.69) is 4.98 Å². The highest BCUT2D eigenvalue weighted by molar-refractivity contribution is 7.71. The topological polar surface area (TPSA) is 17.8 Å². The smallest absolute Gasteiger partial charge is 0.199 e. The fraction of sp³-hybridized carbons (Fsp3) is 0.0909. The third-order valence-electron chi connectivity index (χ3n) is 2.06. The lowest BCUT2D eigenvalue weighted by molar-refractivity contribution is 0.577. The van der Waals surface area contributed by atoms with Crippen LogP contribution in [0.1, 0.15) is 5.56 Å². The molecular weight excluding hydrogens is 230 g/mol. The first-order valence-corrected chi connectivity index (χ1v) is 5.02. The molecule has 0 saturated carbocycles. The minimum absolute atomic E-state index is 0.307. The van der Waals surface area contributed by atoms with Gasteiger partial charge in [-0.05, 0) is 36.0 Å². The summed E-state index contributed by atoms with van der Waals surface area (Å²) in [5, 5.41) is 0. The summed E-state index contributed by atoms with van der Waals surface area (Å²) in [6.45, 7) is 0.307. The van der Waals surface area contributed by atoms with Crippen LogP contribution in [0.15, 0.2) is 36.7 Å². The molecule has 0 unspecified atom stereocenters. The van der Waals surface area contributed by atoms with Crippen LogP contribution in [0.4, 0.5) is 8.78 Å². The van der Waals surface area contributed by atoms with Gasteiger partial charge in [-0.3, -0.25) is 0 Å². The summed E-state index contributed by atoms with van der Waals surface area (Å²) in [5.41, 5.74) is 0.515. The van der Waals surface area contributed by atoms with E-state index in [-0.39, 0.29) is 0 Å². The van der Waals surface area contributed by atoms with Crippen LogP contribution in [0.2, 0.25) is 0 Å². The second-order valence-corrected chi connectivity index (χ2v) is 3.67. The lowest BCUT2D eigenvalue weighted by Crippen LogP contribution is -2.03. The molecule has 82 valence electrons. The minimum atomic E-state index is -0.592. The molecule has 5 heteroatoms.